The zero-order valence-corrected chi connectivity index (χ0v) is 21.3. The van der Waals surface area contributed by atoms with Gasteiger partial charge in [0.05, 0.1) is 13.2 Å². The summed E-state index contributed by atoms with van der Waals surface area (Å²) in [6.45, 7) is 3.25. The minimum Gasteiger partial charge on any atom is -0.472 e. The molecule has 2 N–H and O–H groups in total. The van der Waals surface area contributed by atoms with Gasteiger partial charge in [0.25, 0.3) is 0 Å². The van der Waals surface area contributed by atoms with Crippen molar-refractivity contribution in [2.45, 2.75) is 88.9 Å². The number of hydrogen-bond donors (Lipinski definition) is 2. The predicted molar refractivity (Wildman–Crippen MR) is 136 cm³/mol. The molecule has 4 aliphatic rings. The van der Waals surface area contributed by atoms with E-state index in [0.717, 1.165) is 44.2 Å². The van der Waals surface area contributed by atoms with Gasteiger partial charge in [-0.25, -0.2) is 0 Å². The molecule has 10 heteroatoms. The van der Waals surface area contributed by atoms with Gasteiger partial charge in [-0.15, -0.1) is 0 Å². The van der Waals surface area contributed by atoms with Crippen LogP contribution in [0.2, 0.25) is 0 Å². The maximum atomic E-state index is 13.1. The molecule has 2 aromatic rings. The summed E-state index contributed by atoms with van der Waals surface area (Å²) in [5.74, 6) is 3.51. The van der Waals surface area contributed by atoms with Crippen LogP contribution in [0, 0.1) is 12.8 Å². The molecule has 1 aliphatic carbocycles. The van der Waals surface area contributed by atoms with Gasteiger partial charge in [-0.2, -0.15) is 15.1 Å². The number of aryl methyl sites for hydroxylation is 1. The van der Waals surface area contributed by atoms with Gasteiger partial charge >= 0.3 is 0 Å². The van der Waals surface area contributed by atoms with E-state index in [9.17, 15) is 4.79 Å². The van der Waals surface area contributed by atoms with E-state index in [4.69, 9.17) is 19.4 Å². The molecule has 2 aromatic heterocycles. The van der Waals surface area contributed by atoms with Crippen LogP contribution >= 0.6 is 0 Å². The number of H-pyrrole nitrogens is 1. The molecule has 10 nitrogen and oxygen atoms in total. The number of nitrogens with zero attached hydrogens (tertiary/aromatic N) is 5. The maximum absolute atomic E-state index is 13.1. The fraction of sp³-hybridized carbons (Fsp3) is 0.692. The van der Waals surface area contributed by atoms with Crippen molar-refractivity contribution in [1.29, 1.82) is 0 Å². The quantitative estimate of drug-likeness (QED) is 0.572. The van der Waals surface area contributed by atoms with Gasteiger partial charge in [0, 0.05) is 55.8 Å². The van der Waals surface area contributed by atoms with Crippen molar-refractivity contribution < 1.29 is 14.3 Å². The number of hydrogen-bond acceptors (Lipinski definition) is 8. The number of fused-ring (bicyclic) bond motifs is 2. The van der Waals surface area contributed by atoms with Crippen LogP contribution < -0.4 is 15.0 Å². The van der Waals surface area contributed by atoms with Crippen molar-refractivity contribution in [2.24, 2.45) is 5.92 Å². The topological polar surface area (TPSA) is 108 Å². The molecule has 1 amide bonds. The van der Waals surface area contributed by atoms with Gasteiger partial charge in [-0.3, -0.25) is 9.89 Å². The minimum atomic E-state index is -0.00129. The Morgan fingerprint density at radius 2 is 1.97 bits per heavy atom. The number of amides is 1. The van der Waals surface area contributed by atoms with Gasteiger partial charge in [-0.05, 0) is 57.8 Å². The van der Waals surface area contributed by atoms with Gasteiger partial charge in [0.2, 0.25) is 17.7 Å². The molecule has 5 heterocycles. The van der Waals surface area contributed by atoms with E-state index in [1.807, 2.05) is 19.1 Å². The van der Waals surface area contributed by atoms with Crippen LogP contribution in [0.15, 0.2) is 12.1 Å². The van der Waals surface area contributed by atoms with E-state index in [-0.39, 0.29) is 12.1 Å². The third-order valence-corrected chi connectivity index (χ3v) is 8.09. The number of ether oxygens (including phenoxy) is 2. The molecule has 2 bridgehead atoms. The summed E-state index contributed by atoms with van der Waals surface area (Å²) in [5.41, 5.74) is 0.970. The highest BCUT2D eigenvalue weighted by atomic mass is 16.5. The lowest BCUT2D eigenvalue weighted by atomic mass is 9.81. The predicted octanol–water partition coefficient (Wildman–Crippen LogP) is 3.57. The molecule has 3 saturated heterocycles. The number of nitrogens with one attached hydrogen (secondary N) is 2. The molecule has 194 valence electrons. The first-order valence-electron chi connectivity index (χ1n) is 13.5. The normalized spacial score (nSPS) is 27.7. The van der Waals surface area contributed by atoms with Crippen molar-refractivity contribution in [2.75, 3.05) is 30.5 Å². The number of rotatable bonds is 8. The number of piperidine rings is 2. The number of carbonyl (C=O) groups excluding carboxylic acids is 1. The number of anilines is 3. The van der Waals surface area contributed by atoms with Crippen LogP contribution in [-0.4, -0.2) is 75.5 Å². The summed E-state index contributed by atoms with van der Waals surface area (Å²) >= 11 is 0. The van der Waals surface area contributed by atoms with Crippen molar-refractivity contribution in [1.82, 2.24) is 25.1 Å². The van der Waals surface area contributed by atoms with Crippen LogP contribution in [0.5, 0.6) is 5.88 Å². The Morgan fingerprint density at radius 1 is 1.17 bits per heavy atom. The highest BCUT2D eigenvalue weighted by Crippen LogP contribution is 2.40. The Hall–Kier alpha value is -2.88. The van der Waals surface area contributed by atoms with E-state index in [2.05, 4.69) is 32.4 Å². The van der Waals surface area contributed by atoms with E-state index < -0.39 is 0 Å². The van der Waals surface area contributed by atoms with Crippen LogP contribution in [0.3, 0.4) is 0 Å². The summed E-state index contributed by atoms with van der Waals surface area (Å²) in [6.07, 6.45) is 9.33. The van der Waals surface area contributed by atoms with Crippen LogP contribution in [0.4, 0.5) is 17.6 Å². The summed E-state index contributed by atoms with van der Waals surface area (Å²) in [5, 5.41) is 10.5. The third kappa shape index (κ3) is 5.14. The Labute approximate surface area is 212 Å². The fourth-order valence-corrected chi connectivity index (χ4v) is 6.00. The summed E-state index contributed by atoms with van der Waals surface area (Å²) in [6, 6.07) is 4.67. The highest BCUT2D eigenvalue weighted by Gasteiger charge is 2.43. The van der Waals surface area contributed by atoms with Crippen molar-refractivity contribution in [3.8, 4) is 5.88 Å². The van der Waals surface area contributed by atoms with Gasteiger partial charge in [0.15, 0.2) is 5.82 Å². The molecule has 3 aliphatic heterocycles. The molecule has 1 saturated carbocycles. The fourth-order valence-electron chi connectivity index (χ4n) is 6.00. The number of aromatic nitrogens is 4. The van der Waals surface area contributed by atoms with Crippen LogP contribution in [0.1, 0.15) is 63.5 Å². The Morgan fingerprint density at radius 3 is 2.64 bits per heavy atom. The lowest BCUT2D eigenvalue weighted by molar-refractivity contribution is -0.141. The Kier molecular flexibility index (Phi) is 6.45. The summed E-state index contributed by atoms with van der Waals surface area (Å²) in [7, 11) is 2.07. The van der Waals surface area contributed by atoms with E-state index in [0.29, 0.717) is 60.6 Å². The van der Waals surface area contributed by atoms with Crippen molar-refractivity contribution in [3.05, 3.63) is 17.8 Å². The van der Waals surface area contributed by atoms with Crippen molar-refractivity contribution >= 4 is 23.5 Å². The summed E-state index contributed by atoms with van der Waals surface area (Å²) in [4.78, 5) is 27.2. The number of aromatic amines is 1. The summed E-state index contributed by atoms with van der Waals surface area (Å²) < 4.78 is 11.7. The maximum Gasteiger partial charge on any atom is 0.230 e. The standard InChI is InChI=1S/C26H37N7O3/c1-16-10-23(31-30-16)27-22-14-24(36-21-8-9-35-15-21)29-26(28-22)32(2)20-12-18-4-3-5-19(13-20)33(18)25(34)11-17-6-7-17/h10,14,17-21H,3-9,11-13,15H2,1-2H3,(H2,27,28,29,30,31)/t18-,19+,20-,21-/m1/s1. The van der Waals surface area contributed by atoms with E-state index >= 15 is 0 Å². The molecule has 6 rings (SSSR count). The van der Waals surface area contributed by atoms with Gasteiger partial charge in [0.1, 0.15) is 11.9 Å². The first-order chi connectivity index (χ1) is 17.5. The second-order valence-electron chi connectivity index (χ2n) is 11.0. The largest absolute Gasteiger partial charge is 0.472 e. The lowest BCUT2D eigenvalue weighted by Crippen LogP contribution is -2.58. The Balaban J connectivity index is 1.22. The smallest absolute Gasteiger partial charge is 0.230 e. The minimum absolute atomic E-state index is 0.00129. The molecule has 0 radical (unpaired) electrons. The zero-order valence-electron chi connectivity index (χ0n) is 21.3. The first-order valence-corrected chi connectivity index (χ1v) is 13.5. The molecule has 36 heavy (non-hydrogen) atoms. The average molecular weight is 496 g/mol. The molecule has 4 atom stereocenters. The Bertz CT molecular complexity index is 1070. The van der Waals surface area contributed by atoms with Crippen molar-refractivity contribution in [3.63, 3.8) is 0 Å². The molecule has 0 unspecified atom stereocenters. The highest BCUT2D eigenvalue weighted by molar-refractivity contribution is 5.77. The second-order valence-corrected chi connectivity index (χ2v) is 11.0. The zero-order chi connectivity index (χ0) is 24.6. The molecular weight excluding hydrogens is 458 g/mol. The molecule has 4 fully saturated rings. The van der Waals surface area contributed by atoms with Gasteiger partial charge < -0.3 is 24.6 Å². The number of carbonyl (C=O) groups is 1. The second kappa shape index (κ2) is 9.88. The molecular formula is C26H37N7O3. The average Bonchev–Trinajstić information content (AvgIpc) is 3.33. The molecule has 0 spiro atoms. The molecule has 0 aromatic carbocycles. The third-order valence-electron chi connectivity index (χ3n) is 8.09. The SMILES string of the molecule is Cc1cc(Nc2cc(O[C@@H]3CCOC3)nc(N(C)[C@@H]3C[C@H]4CCC[C@@H](C3)N4C(=O)CC3CC3)n2)n[nH]1. The van der Waals surface area contributed by atoms with E-state index in [1.165, 1.54) is 19.3 Å². The van der Waals surface area contributed by atoms with Crippen LogP contribution in [0.25, 0.3) is 0 Å². The monoisotopic (exact) mass is 495 g/mol. The lowest BCUT2D eigenvalue weighted by Gasteiger charge is -2.50. The van der Waals surface area contributed by atoms with Crippen LogP contribution in [-0.2, 0) is 9.53 Å². The van der Waals surface area contributed by atoms with Gasteiger partial charge in [-0.1, -0.05) is 0 Å². The van der Waals surface area contributed by atoms with E-state index in [1.54, 1.807) is 0 Å². The first kappa shape index (κ1) is 23.5.